The second kappa shape index (κ2) is 4.85. The third-order valence-corrected chi connectivity index (χ3v) is 1.40. The molecule has 0 amide bonds. The fraction of sp³-hybridized carbons (Fsp3) is 1.00. The van der Waals surface area contributed by atoms with Crippen molar-refractivity contribution in [2.75, 3.05) is 19.0 Å². The maximum absolute atomic E-state index is 12.3. The van der Waals surface area contributed by atoms with Crippen LogP contribution in [-0.4, -0.2) is 24.9 Å². The minimum Gasteiger partial charge on any atom is -0.311 e. The van der Waals surface area contributed by atoms with E-state index in [4.69, 9.17) is 11.6 Å². The molecule has 0 atom stereocenters. The molecular weight excluding hydrogens is 160 g/mol. The van der Waals surface area contributed by atoms with E-state index in [1.165, 1.54) is 0 Å². The zero-order valence-corrected chi connectivity index (χ0v) is 6.72. The second-order valence-electron chi connectivity index (χ2n) is 2.17. The highest BCUT2D eigenvalue weighted by Gasteiger charge is 2.26. The molecule has 0 spiro atoms. The first-order valence-corrected chi connectivity index (χ1v) is 3.80. The van der Waals surface area contributed by atoms with E-state index in [0.717, 1.165) is 6.42 Å². The molecule has 0 saturated carbocycles. The van der Waals surface area contributed by atoms with E-state index in [1.807, 2.05) is 6.92 Å². The molecule has 0 aliphatic rings. The molecule has 0 bridgehead atoms. The molecule has 0 aromatic rings. The van der Waals surface area contributed by atoms with E-state index in [-0.39, 0.29) is 6.54 Å². The van der Waals surface area contributed by atoms with Crippen molar-refractivity contribution in [3.05, 3.63) is 0 Å². The lowest BCUT2D eigenvalue weighted by Gasteiger charge is -2.12. The van der Waals surface area contributed by atoms with Crippen LogP contribution in [-0.2, 0) is 0 Å². The van der Waals surface area contributed by atoms with Crippen LogP contribution in [0.3, 0.4) is 0 Å². The van der Waals surface area contributed by atoms with Crippen molar-refractivity contribution in [1.82, 2.24) is 5.32 Å². The molecule has 0 unspecified atom stereocenters. The summed E-state index contributed by atoms with van der Waals surface area (Å²) in [6.07, 6.45) is 0.859. The number of hydrogen-bond donors (Lipinski definition) is 1. The molecule has 4 heteroatoms. The predicted molar refractivity (Wildman–Crippen MR) is 38.8 cm³/mol. The first kappa shape index (κ1) is 10.1. The van der Waals surface area contributed by atoms with Gasteiger partial charge in [-0.25, -0.2) is 8.78 Å². The Kier molecular flexibility index (Phi) is 4.91. The summed E-state index contributed by atoms with van der Waals surface area (Å²) >= 11 is 4.98. The Bertz CT molecular complexity index is 87.8. The van der Waals surface area contributed by atoms with E-state index in [1.54, 1.807) is 0 Å². The van der Waals surface area contributed by atoms with Gasteiger partial charge in [0.15, 0.2) is 0 Å². The number of hydrogen-bond acceptors (Lipinski definition) is 1. The molecule has 0 rings (SSSR count). The van der Waals surface area contributed by atoms with Crippen LogP contribution in [0.15, 0.2) is 0 Å². The maximum Gasteiger partial charge on any atom is 0.273 e. The molecule has 0 aromatic heterocycles. The van der Waals surface area contributed by atoms with Gasteiger partial charge in [0.2, 0.25) is 0 Å². The Morgan fingerprint density at radius 2 is 2.10 bits per heavy atom. The Morgan fingerprint density at radius 1 is 1.50 bits per heavy atom. The molecule has 0 aliphatic carbocycles. The molecule has 10 heavy (non-hydrogen) atoms. The van der Waals surface area contributed by atoms with E-state index in [9.17, 15) is 8.78 Å². The lowest BCUT2D eigenvalue weighted by Crippen LogP contribution is -2.34. The zero-order chi connectivity index (χ0) is 8.04. The topological polar surface area (TPSA) is 12.0 Å². The van der Waals surface area contributed by atoms with Gasteiger partial charge < -0.3 is 5.32 Å². The van der Waals surface area contributed by atoms with Gasteiger partial charge in [0, 0.05) is 0 Å². The standard InChI is InChI=1S/C6H12ClF2N/c1-2-3-10-5-6(8,9)4-7/h10H,2-5H2,1H3. The summed E-state index contributed by atoms with van der Waals surface area (Å²) in [5.74, 6) is -3.36. The van der Waals surface area contributed by atoms with Gasteiger partial charge in [-0.1, -0.05) is 6.92 Å². The molecule has 1 nitrogen and oxygen atoms in total. The first-order valence-electron chi connectivity index (χ1n) is 3.27. The fourth-order valence-electron chi connectivity index (χ4n) is 0.495. The second-order valence-corrected chi connectivity index (χ2v) is 2.43. The van der Waals surface area contributed by atoms with E-state index in [2.05, 4.69) is 5.32 Å². The van der Waals surface area contributed by atoms with Crippen LogP contribution >= 0.6 is 11.6 Å². The molecule has 0 fully saturated rings. The maximum atomic E-state index is 12.3. The monoisotopic (exact) mass is 171 g/mol. The average molecular weight is 172 g/mol. The SMILES string of the molecule is CCCNCC(F)(F)CCl. The van der Waals surface area contributed by atoms with E-state index < -0.39 is 11.8 Å². The van der Waals surface area contributed by atoms with Gasteiger partial charge in [0.25, 0.3) is 5.92 Å². The van der Waals surface area contributed by atoms with Crippen LogP contribution in [0.5, 0.6) is 0 Å². The largest absolute Gasteiger partial charge is 0.311 e. The van der Waals surface area contributed by atoms with Crippen molar-refractivity contribution in [2.45, 2.75) is 19.3 Å². The summed E-state index contributed by atoms with van der Waals surface area (Å²) in [6.45, 7) is 2.22. The van der Waals surface area contributed by atoms with E-state index >= 15 is 0 Å². The Hall–Kier alpha value is 0.110. The lowest BCUT2D eigenvalue weighted by atomic mass is 10.3. The number of nitrogens with one attached hydrogen (secondary N) is 1. The highest BCUT2D eigenvalue weighted by molar-refractivity contribution is 6.18. The van der Waals surface area contributed by atoms with Crippen LogP contribution in [0.4, 0.5) is 8.78 Å². The van der Waals surface area contributed by atoms with Crippen LogP contribution in [0.1, 0.15) is 13.3 Å². The van der Waals surface area contributed by atoms with Gasteiger partial charge in [0.05, 0.1) is 12.4 Å². The summed E-state index contributed by atoms with van der Waals surface area (Å²) in [6, 6.07) is 0. The first-order chi connectivity index (χ1) is 4.62. The Morgan fingerprint density at radius 3 is 2.50 bits per heavy atom. The minimum absolute atomic E-state index is 0.315. The van der Waals surface area contributed by atoms with Crippen LogP contribution in [0.25, 0.3) is 0 Å². The van der Waals surface area contributed by atoms with Crippen molar-refractivity contribution in [3.8, 4) is 0 Å². The van der Waals surface area contributed by atoms with Gasteiger partial charge in [0.1, 0.15) is 0 Å². The van der Waals surface area contributed by atoms with Crippen molar-refractivity contribution < 1.29 is 8.78 Å². The average Bonchev–Trinajstić information content (AvgIpc) is 1.89. The summed E-state index contributed by atoms with van der Waals surface area (Å²) < 4.78 is 24.6. The Balaban J connectivity index is 3.28. The summed E-state index contributed by atoms with van der Waals surface area (Å²) in [4.78, 5) is 0. The molecule has 0 radical (unpaired) electrons. The zero-order valence-electron chi connectivity index (χ0n) is 5.96. The van der Waals surface area contributed by atoms with Gasteiger partial charge >= 0.3 is 0 Å². The van der Waals surface area contributed by atoms with Crippen molar-refractivity contribution in [3.63, 3.8) is 0 Å². The fourth-order valence-corrected chi connectivity index (χ4v) is 0.590. The van der Waals surface area contributed by atoms with Crippen molar-refractivity contribution >= 4 is 11.6 Å². The minimum atomic E-state index is -2.75. The molecular formula is C6H12ClF2N. The molecule has 0 heterocycles. The lowest BCUT2D eigenvalue weighted by molar-refractivity contribution is 0.0268. The van der Waals surface area contributed by atoms with Crippen molar-refractivity contribution in [2.24, 2.45) is 0 Å². The number of halogens is 3. The molecule has 0 aromatic carbocycles. The van der Waals surface area contributed by atoms with E-state index in [0.29, 0.717) is 6.54 Å². The van der Waals surface area contributed by atoms with Crippen molar-refractivity contribution in [1.29, 1.82) is 0 Å². The van der Waals surface area contributed by atoms with Crippen LogP contribution < -0.4 is 5.32 Å². The molecule has 62 valence electrons. The third kappa shape index (κ3) is 4.94. The normalized spacial score (nSPS) is 12.0. The summed E-state index contributed by atoms with van der Waals surface area (Å²) in [5.41, 5.74) is 0. The third-order valence-electron chi connectivity index (χ3n) is 1.01. The number of rotatable bonds is 5. The quantitative estimate of drug-likeness (QED) is 0.492. The smallest absolute Gasteiger partial charge is 0.273 e. The van der Waals surface area contributed by atoms with Crippen LogP contribution in [0.2, 0.25) is 0 Å². The highest BCUT2D eigenvalue weighted by atomic mass is 35.5. The molecule has 0 saturated heterocycles. The Labute approximate surface area is 64.7 Å². The van der Waals surface area contributed by atoms with Gasteiger partial charge in [-0.15, -0.1) is 11.6 Å². The summed E-state index contributed by atoms with van der Waals surface area (Å²) in [7, 11) is 0. The van der Waals surface area contributed by atoms with Gasteiger partial charge in [-0.05, 0) is 13.0 Å². The van der Waals surface area contributed by atoms with Gasteiger partial charge in [-0.2, -0.15) is 0 Å². The van der Waals surface area contributed by atoms with Gasteiger partial charge in [-0.3, -0.25) is 0 Å². The summed E-state index contributed by atoms with van der Waals surface area (Å²) in [5, 5.41) is 2.59. The molecule has 1 N–H and O–H groups in total. The number of alkyl halides is 3. The molecule has 0 aliphatic heterocycles. The predicted octanol–water partition coefficient (Wildman–Crippen LogP) is 1.86. The van der Waals surface area contributed by atoms with Crippen LogP contribution in [0, 0.1) is 0 Å². The highest BCUT2D eigenvalue weighted by Crippen LogP contribution is 2.12.